The zero-order chi connectivity index (χ0) is 21.5. The first kappa shape index (κ1) is 21.5. The second-order valence-corrected chi connectivity index (χ2v) is 6.71. The Bertz CT molecular complexity index is 901. The monoisotopic (exact) mass is 418 g/mol. The lowest BCUT2D eigenvalue weighted by molar-refractivity contribution is -0.0498. The molecule has 6 nitrogen and oxygen atoms in total. The summed E-state index contributed by atoms with van der Waals surface area (Å²) in [7, 11) is 3.14. The fourth-order valence-corrected chi connectivity index (χ4v) is 3.28. The van der Waals surface area contributed by atoms with Crippen LogP contribution in [0.4, 0.5) is 14.5 Å². The summed E-state index contributed by atoms with van der Waals surface area (Å²) in [4.78, 5) is 19.5. The van der Waals surface area contributed by atoms with E-state index in [1.165, 1.54) is 24.3 Å². The highest BCUT2D eigenvalue weighted by Gasteiger charge is 2.23. The highest BCUT2D eigenvalue weighted by atomic mass is 19.3. The van der Waals surface area contributed by atoms with Crippen LogP contribution in [0.15, 0.2) is 47.5 Å². The predicted octanol–water partition coefficient (Wildman–Crippen LogP) is 4.58. The number of hydrogen-bond donors (Lipinski definition) is 0. The second kappa shape index (κ2) is 10.0. The molecule has 0 atom stereocenters. The summed E-state index contributed by atoms with van der Waals surface area (Å²) in [6.45, 7) is -2.18. The number of methoxy groups -OCH3 is 2. The minimum Gasteiger partial charge on any atom is -0.497 e. The van der Waals surface area contributed by atoms with Crippen LogP contribution < -0.4 is 19.1 Å². The van der Waals surface area contributed by atoms with Crippen LogP contribution in [-0.4, -0.2) is 45.5 Å². The molecule has 0 unspecified atom stereocenters. The molecule has 2 aromatic carbocycles. The first-order valence-electron chi connectivity index (χ1n) is 9.62. The molecule has 0 bridgehead atoms. The summed E-state index contributed by atoms with van der Waals surface area (Å²) in [5, 5.41) is 0. The van der Waals surface area contributed by atoms with Crippen LogP contribution in [0.2, 0.25) is 0 Å². The Balaban J connectivity index is 1.90. The molecule has 0 saturated carbocycles. The molecule has 0 aromatic heterocycles. The van der Waals surface area contributed by atoms with Crippen LogP contribution in [-0.2, 0) is 0 Å². The maximum Gasteiger partial charge on any atom is 0.387 e. The van der Waals surface area contributed by atoms with Crippen molar-refractivity contribution in [2.24, 2.45) is 4.99 Å². The van der Waals surface area contributed by atoms with E-state index in [2.05, 4.69) is 9.73 Å². The Morgan fingerprint density at radius 1 is 1.07 bits per heavy atom. The molecule has 3 rings (SSSR count). The second-order valence-electron chi connectivity index (χ2n) is 6.71. The first-order chi connectivity index (χ1) is 14.5. The van der Waals surface area contributed by atoms with E-state index in [1.54, 1.807) is 26.4 Å². The molecule has 0 spiro atoms. The number of amidine groups is 1. The van der Waals surface area contributed by atoms with Gasteiger partial charge >= 0.3 is 6.61 Å². The van der Waals surface area contributed by atoms with E-state index in [4.69, 9.17) is 9.47 Å². The molecule has 0 radical (unpaired) electrons. The van der Waals surface area contributed by atoms with Crippen LogP contribution >= 0.6 is 0 Å². The van der Waals surface area contributed by atoms with Gasteiger partial charge in [-0.2, -0.15) is 8.78 Å². The van der Waals surface area contributed by atoms with Gasteiger partial charge in [0.1, 0.15) is 23.1 Å². The molecule has 30 heavy (non-hydrogen) atoms. The first-order valence-corrected chi connectivity index (χ1v) is 9.62. The van der Waals surface area contributed by atoms with E-state index >= 15 is 0 Å². The van der Waals surface area contributed by atoms with Gasteiger partial charge in [-0.15, -0.1) is 0 Å². The van der Waals surface area contributed by atoms with Crippen molar-refractivity contribution in [2.75, 3.05) is 32.2 Å². The maximum absolute atomic E-state index is 13.0. The smallest absolute Gasteiger partial charge is 0.387 e. The number of Topliss-reactive ketones (excluding diaryl/α,β-unsaturated/α-hetero) is 1. The number of nitrogens with zero attached hydrogens (tertiary/aromatic N) is 2. The van der Waals surface area contributed by atoms with Gasteiger partial charge < -0.3 is 19.1 Å². The maximum atomic E-state index is 13.0. The molecular weight excluding hydrogens is 394 g/mol. The topological polar surface area (TPSA) is 60.4 Å². The van der Waals surface area contributed by atoms with Crippen molar-refractivity contribution in [3.8, 4) is 17.2 Å². The van der Waals surface area contributed by atoms with Crippen LogP contribution in [0.3, 0.4) is 0 Å². The van der Waals surface area contributed by atoms with Gasteiger partial charge in [0.05, 0.1) is 26.5 Å². The van der Waals surface area contributed by atoms with E-state index in [0.717, 1.165) is 25.1 Å². The van der Waals surface area contributed by atoms with Gasteiger partial charge in [-0.1, -0.05) is 0 Å². The molecule has 160 valence electrons. The molecular formula is C22H24F2N2O4. The van der Waals surface area contributed by atoms with Crippen molar-refractivity contribution in [1.29, 1.82) is 0 Å². The van der Waals surface area contributed by atoms with E-state index in [-0.39, 0.29) is 18.1 Å². The van der Waals surface area contributed by atoms with Crippen LogP contribution in [0.5, 0.6) is 17.2 Å². The molecule has 0 saturated heterocycles. The fraction of sp³-hybridized carbons (Fsp3) is 0.364. The Labute approximate surface area is 174 Å². The number of ketones is 1. The average molecular weight is 418 g/mol. The van der Waals surface area contributed by atoms with E-state index in [1.807, 2.05) is 11.0 Å². The van der Waals surface area contributed by atoms with Gasteiger partial charge in [0.25, 0.3) is 0 Å². The summed E-state index contributed by atoms with van der Waals surface area (Å²) in [5.41, 5.74) is 1.07. The van der Waals surface area contributed by atoms with Crippen LogP contribution in [0.1, 0.15) is 29.6 Å². The number of carbonyl (C=O) groups excluding carboxylic acids is 1. The lowest BCUT2D eigenvalue weighted by Crippen LogP contribution is -2.37. The Hall–Kier alpha value is -3.16. The number of hydrogen-bond acceptors (Lipinski definition) is 6. The predicted molar refractivity (Wildman–Crippen MR) is 110 cm³/mol. The van der Waals surface area contributed by atoms with Crippen molar-refractivity contribution >= 4 is 17.3 Å². The summed E-state index contributed by atoms with van der Waals surface area (Å²) < 4.78 is 39.9. The number of ether oxygens (including phenoxy) is 3. The largest absolute Gasteiger partial charge is 0.497 e. The van der Waals surface area contributed by atoms with Crippen molar-refractivity contribution < 1.29 is 27.8 Å². The minimum absolute atomic E-state index is 0.00419. The van der Waals surface area contributed by atoms with Gasteiger partial charge in [-0.05, 0) is 49.2 Å². The highest BCUT2D eigenvalue weighted by molar-refractivity contribution is 6.08. The molecule has 8 heteroatoms. The number of benzene rings is 2. The molecule has 0 aliphatic carbocycles. The van der Waals surface area contributed by atoms with Gasteiger partial charge in [0.15, 0.2) is 5.78 Å². The van der Waals surface area contributed by atoms with E-state index in [9.17, 15) is 13.6 Å². The van der Waals surface area contributed by atoms with E-state index < -0.39 is 6.61 Å². The summed E-state index contributed by atoms with van der Waals surface area (Å²) >= 11 is 0. The van der Waals surface area contributed by atoms with Crippen LogP contribution in [0.25, 0.3) is 0 Å². The summed E-state index contributed by atoms with van der Waals surface area (Å²) in [6, 6.07) is 11.0. The number of aliphatic imine (C=N–C) groups is 1. The third kappa shape index (κ3) is 5.25. The fourth-order valence-electron chi connectivity index (χ4n) is 3.28. The quantitative estimate of drug-likeness (QED) is 0.588. The van der Waals surface area contributed by atoms with Gasteiger partial charge in [-0.25, -0.2) is 0 Å². The molecule has 2 aromatic rings. The lowest BCUT2D eigenvalue weighted by atomic mass is 10.1. The standard InChI is InChI=1S/C22H24F2N2O4/c1-28-17-10-11-20(29-2)18(13-17)26(21-5-3-4-12-25-21)14-19(27)15-6-8-16(9-7-15)30-22(23)24/h6-11,13,22H,3-5,12,14H2,1-2H3. The Morgan fingerprint density at radius 2 is 1.80 bits per heavy atom. The molecule has 0 amide bonds. The SMILES string of the molecule is COc1ccc(OC)c(N(CC(=O)c2ccc(OC(F)F)cc2)C2=NCCCC2)c1. The molecule has 1 aliphatic heterocycles. The number of carbonyl (C=O) groups is 1. The number of rotatable bonds is 8. The lowest BCUT2D eigenvalue weighted by Gasteiger charge is -2.29. The van der Waals surface area contributed by atoms with Crippen molar-refractivity contribution in [3.05, 3.63) is 48.0 Å². The van der Waals surface area contributed by atoms with E-state index in [0.29, 0.717) is 29.3 Å². The highest BCUT2D eigenvalue weighted by Crippen LogP contribution is 2.34. The van der Waals surface area contributed by atoms with Crippen molar-refractivity contribution in [1.82, 2.24) is 0 Å². The molecule has 0 N–H and O–H groups in total. The molecule has 1 heterocycles. The minimum atomic E-state index is -2.91. The van der Waals surface area contributed by atoms with Crippen molar-refractivity contribution in [3.63, 3.8) is 0 Å². The zero-order valence-electron chi connectivity index (χ0n) is 16.9. The third-order valence-electron chi connectivity index (χ3n) is 4.79. The Kier molecular flexibility index (Phi) is 7.21. The van der Waals surface area contributed by atoms with Crippen LogP contribution in [0, 0.1) is 0 Å². The summed E-state index contributed by atoms with van der Waals surface area (Å²) in [5.74, 6) is 1.85. The van der Waals surface area contributed by atoms with Gasteiger partial charge in [0.2, 0.25) is 0 Å². The average Bonchev–Trinajstić information content (AvgIpc) is 2.77. The zero-order valence-corrected chi connectivity index (χ0v) is 16.9. The third-order valence-corrected chi connectivity index (χ3v) is 4.79. The number of halogens is 2. The number of alkyl halides is 2. The molecule has 0 fully saturated rings. The van der Waals surface area contributed by atoms with Gasteiger partial charge in [0, 0.05) is 24.6 Å². The normalized spacial score (nSPS) is 13.6. The Morgan fingerprint density at radius 3 is 2.40 bits per heavy atom. The number of anilines is 1. The summed E-state index contributed by atoms with van der Waals surface area (Å²) in [6.07, 6.45) is 2.73. The van der Waals surface area contributed by atoms with Gasteiger partial charge in [-0.3, -0.25) is 9.79 Å². The van der Waals surface area contributed by atoms with Crippen molar-refractivity contribution in [2.45, 2.75) is 25.9 Å². The molecule has 1 aliphatic rings.